The smallest absolute Gasteiger partial charge is 0.253 e. The summed E-state index contributed by atoms with van der Waals surface area (Å²) in [6, 6.07) is 3.50. The molecule has 6 nitrogen and oxygen atoms in total. The van der Waals surface area contributed by atoms with Crippen LogP contribution in [0.4, 0.5) is 4.39 Å². The topological polar surface area (TPSA) is 75.7 Å². The van der Waals surface area contributed by atoms with Crippen LogP contribution in [0.5, 0.6) is 0 Å². The van der Waals surface area contributed by atoms with Crippen molar-refractivity contribution < 1.29 is 22.3 Å². The molecular formula is C18H25FN2O4S. The number of nitrogens with one attached hydrogen (secondary N) is 1. The van der Waals surface area contributed by atoms with Crippen molar-refractivity contribution in [1.82, 2.24) is 9.62 Å². The first kappa shape index (κ1) is 19.3. The minimum Gasteiger partial charge on any atom is -0.381 e. The van der Waals surface area contributed by atoms with Gasteiger partial charge in [-0.1, -0.05) is 0 Å². The van der Waals surface area contributed by atoms with E-state index < -0.39 is 26.3 Å². The van der Waals surface area contributed by atoms with E-state index in [-0.39, 0.29) is 16.9 Å². The number of likely N-dealkylation sites (tertiary alicyclic amines) is 1. The molecule has 0 unspecified atom stereocenters. The second-order valence-corrected chi connectivity index (χ2v) is 9.93. The van der Waals surface area contributed by atoms with Crippen LogP contribution in [0.25, 0.3) is 0 Å². The first-order valence-corrected chi connectivity index (χ1v) is 10.2. The molecule has 2 saturated heterocycles. The predicted octanol–water partition coefficient (Wildman–Crippen LogP) is 2.16. The lowest BCUT2D eigenvalue weighted by Crippen LogP contribution is -2.41. The lowest BCUT2D eigenvalue weighted by Gasteiger charge is -2.23. The van der Waals surface area contributed by atoms with Crippen molar-refractivity contribution in [2.45, 2.75) is 44.0 Å². The van der Waals surface area contributed by atoms with Gasteiger partial charge in [0.1, 0.15) is 10.7 Å². The van der Waals surface area contributed by atoms with Crippen LogP contribution in [0, 0.1) is 11.2 Å². The molecule has 8 heteroatoms. The third-order valence-electron chi connectivity index (χ3n) is 4.82. The third-order valence-corrected chi connectivity index (χ3v) is 6.59. The number of rotatable bonds is 3. The number of benzene rings is 1. The minimum atomic E-state index is -4.07. The van der Waals surface area contributed by atoms with Crippen molar-refractivity contribution in [1.29, 1.82) is 0 Å². The summed E-state index contributed by atoms with van der Waals surface area (Å²) in [5, 5.41) is 0. The summed E-state index contributed by atoms with van der Waals surface area (Å²) in [5.41, 5.74) is -0.565. The highest BCUT2D eigenvalue weighted by molar-refractivity contribution is 7.89. The summed E-state index contributed by atoms with van der Waals surface area (Å²) in [6.45, 7) is 7.56. The van der Waals surface area contributed by atoms with Crippen LogP contribution in [0.3, 0.4) is 0 Å². The Labute approximate surface area is 153 Å². The normalized spacial score (nSPS) is 23.8. The van der Waals surface area contributed by atoms with E-state index in [0.29, 0.717) is 26.3 Å². The highest BCUT2D eigenvalue weighted by Gasteiger charge is 2.43. The number of carbonyl (C=O) groups is 1. The zero-order valence-corrected chi connectivity index (χ0v) is 16.2. The van der Waals surface area contributed by atoms with Crippen LogP contribution < -0.4 is 4.72 Å². The van der Waals surface area contributed by atoms with Crippen LogP contribution in [0.2, 0.25) is 0 Å². The monoisotopic (exact) mass is 384 g/mol. The summed E-state index contributed by atoms with van der Waals surface area (Å²) in [4.78, 5) is 14.0. The number of sulfonamides is 1. The maximum absolute atomic E-state index is 14.2. The highest BCUT2D eigenvalue weighted by atomic mass is 32.2. The molecule has 1 aromatic carbocycles. The Hall–Kier alpha value is -1.51. The molecule has 0 aromatic heterocycles. The number of halogens is 1. The van der Waals surface area contributed by atoms with Gasteiger partial charge in [-0.15, -0.1) is 0 Å². The number of hydrogen-bond donors (Lipinski definition) is 1. The maximum Gasteiger partial charge on any atom is 0.253 e. The molecule has 2 aliphatic rings. The van der Waals surface area contributed by atoms with E-state index in [4.69, 9.17) is 4.74 Å². The van der Waals surface area contributed by atoms with Crippen molar-refractivity contribution in [3.63, 3.8) is 0 Å². The standard InChI is InChI=1S/C18H25FN2O4S/c1-17(2,3)20-26(23,24)15-10-13(4-5-14(15)19)16(22)21-8-6-18(11-21)7-9-25-12-18/h4-5,10,20H,6-9,11-12H2,1-3H3/t18-/m1/s1. The van der Waals surface area contributed by atoms with Gasteiger partial charge in [-0.05, 0) is 51.8 Å². The molecule has 2 aliphatic heterocycles. The third kappa shape index (κ3) is 3.92. The number of carbonyl (C=O) groups excluding carboxylic acids is 1. The number of ether oxygens (including phenoxy) is 1. The van der Waals surface area contributed by atoms with Crippen LogP contribution in [0.1, 0.15) is 44.0 Å². The Kier molecular flexibility index (Phi) is 4.87. The molecule has 1 atom stereocenters. The van der Waals surface area contributed by atoms with Gasteiger partial charge in [-0.25, -0.2) is 17.5 Å². The number of amides is 1. The first-order valence-electron chi connectivity index (χ1n) is 8.72. The molecular weight excluding hydrogens is 359 g/mol. The predicted molar refractivity (Wildman–Crippen MR) is 94.9 cm³/mol. The van der Waals surface area contributed by atoms with Gasteiger partial charge >= 0.3 is 0 Å². The maximum atomic E-state index is 14.2. The zero-order chi connectivity index (χ0) is 19.2. The van der Waals surface area contributed by atoms with Gasteiger partial charge in [0.2, 0.25) is 10.0 Å². The molecule has 26 heavy (non-hydrogen) atoms. The summed E-state index contributed by atoms with van der Waals surface area (Å²) in [6.07, 6.45) is 1.80. The fourth-order valence-electron chi connectivity index (χ4n) is 3.56. The SMILES string of the molecule is CC(C)(C)NS(=O)(=O)c1cc(C(=O)N2CC[C@@]3(CCOC3)C2)ccc1F. The van der Waals surface area contributed by atoms with E-state index in [1.807, 2.05) is 0 Å². The first-order chi connectivity index (χ1) is 12.0. The molecule has 144 valence electrons. The number of hydrogen-bond acceptors (Lipinski definition) is 4. The van der Waals surface area contributed by atoms with E-state index in [0.717, 1.165) is 25.0 Å². The minimum absolute atomic E-state index is 0.0123. The van der Waals surface area contributed by atoms with Crippen LogP contribution >= 0.6 is 0 Å². The van der Waals surface area contributed by atoms with E-state index >= 15 is 0 Å². The molecule has 1 aromatic rings. The van der Waals surface area contributed by atoms with Crippen LogP contribution in [-0.2, 0) is 14.8 Å². The van der Waals surface area contributed by atoms with Gasteiger partial charge in [0.05, 0.1) is 6.61 Å². The van der Waals surface area contributed by atoms with Crippen molar-refractivity contribution in [2.24, 2.45) is 5.41 Å². The quantitative estimate of drug-likeness (QED) is 0.867. The summed E-state index contributed by atoms with van der Waals surface area (Å²) in [5.74, 6) is -1.15. The molecule has 0 aliphatic carbocycles. The highest BCUT2D eigenvalue weighted by Crippen LogP contribution is 2.38. The molecule has 1 amide bonds. The van der Waals surface area contributed by atoms with Gasteiger partial charge in [-0.3, -0.25) is 4.79 Å². The molecule has 0 radical (unpaired) electrons. The molecule has 2 fully saturated rings. The van der Waals surface area contributed by atoms with E-state index in [1.54, 1.807) is 25.7 Å². The van der Waals surface area contributed by atoms with Crippen LogP contribution in [-0.4, -0.2) is 51.1 Å². The molecule has 2 heterocycles. The zero-order valence-electron chi connectivity index (χ0n) is 15.3. The molecule has 0 bridgehead atoms. The van der Waals surface area contributed by atoms with Crippen molar-refractivity contribution in [2.75, 3.05) is 26.3 Å². The van der Waals surface area contributed by atoms with E-state index in [9.17, 15) is 17.6 Å². The molecule has 0 saturated carbocycles. The van der Waals surface area contributed by atoms with E-state index in [1.165, 1.54) is 6.07 Å². The fourth-order valence-corrected chi connectivity index (χ4v) is 5.09. The second-order valence-electron chi connectivity index (χ2n) is 8.28. The summed E-state index contributed by atoms with van der Waals surface area (Å²) < 4.78 is 47.0. The molecule has 1 spiro atoms. The molecule has 1 N–H and O–H groups in total. The fraction of sp³-hybridized carbons (Fsp3) is 0.611. The van der Waals surface area contributed by atoms with Gasteiger partial charge in [0.25, 0.3) is 5.91 Å². The lowest BCUT2D eigenvalue weighted by molar-refractivity contribution is 0.0765. The van der Waals surface area contributed by atoms with Crippen LogP contribution in [0.15, 0.2) is 23.1 Å². The average molecular weight is 384 g/mol. The Morgan fingerprint density at radius 3 is 2.65 bits per heavy atom. The second kappa shape index (κ2) is 6.58. The van der Waals surface area contributed by atoms with Crippen molar-refractivity contribution in [3.8, 4) is 0 Å². The Balaban J connectivity index is 1.84. The Morgan fingerprint density at radius 1 is 1.31 bits per heavy atom. The van der Waals surface area contributed by atoms with Gasteiger partial charge in [0, 0.05) is 36.2 Å². The largest absolute Gasteiger partial charge is 0.381 e. The molecule has 3 rings (SSSR count). The van der Waals surface area contributed by atoms with Crippen molar-refractivity contribution in [3.05, 3.63) is 29.6 Å². The van der Waals surface area contributed by atoms with E-state index in [2.05, 4.69) is 4.72 Å². The average Bonchev–Trinajstić information content (AvgIpc) is 3.15. The van der Waals surface area contributed by atoms with Gasteiger partial charge < -0.3 is 9.64 Å². The summed E-state index contributed by atoms with van der Waals surface area (Å²) >= 11 is 0. The Morgan fingerprint density at radius 2 is 2.04 bits per heavy atom. The Bertz CT molecular complexity index is 811. The number of nitrogens with zero attached hydrogens (tertiary/aromatic N) is 1. The van der Waals surface area contributed by atoms with Gasteiger partial charge in [-0.2, -0.15) is 0 Å². The summed E-state index contributed by atoms with van der Waals surface area (Å²) in [7, 11) is -4.07. The van der Waals surface area contributed by atoms with Crippen molar-refractivity contribution >= 4 is 15.9 Å². The lowest BCUT2D eigenvalue weighted by atomic mass is 9.87. The van der Waals surface area contributed by atoms with Gasteiger partial charge in [0.15, 0.2) is 0 Å².